The highest BCUT2D eigenvalue weighted by molar-refractivity contribution is 7.80. The van der Waals surface area contributed by atoms with Gasteiger partial charge in [-0.1, -0.05) is 57.0 Å². The molecule has 35 heavy (non-hydrogen) atoms. The maximum atomic E-state index is 13.1. The Labute approximate surface area is 212 Å². The molecule has 1 aromatic rings. The number of benzene rings is 1. The van der Waals surface area contributed by atoms with Crippen molar-refractivity contribution in [2.24, 2.45) is 17.4 Å². The third-order valence-corrected chi connectivity index (χ3v) is 6.18. The normalized spacial score (nSPS) is 15.2. The van der Waals surface area contributed by atoms with Crippen molar-refractivity contribution in [3.05, 3.63) is 35.9 Å². The molecule has 0 aliphatic carbocycles. The number of rotatable bonds is 16. The molecule has 0 aliphatic heterocycles. The Morgan fingerprint density at radius 3 is 2.11 bits per heavy atom. The van der Waals surface area contributed by atoms with E-state index in [2.05, 4.69) is 28.6 Å². The number of nitrogens with two attached hydrogens (primary N) is 2. The molecule has 0 saturated carbocycles. The van der Waals surface area contributed by atoms with E-state index in [1.807, 2.05) is 13.0 Å². The average Bonchev–Trinajstić information content (AvgIpc) is 2.84. The van der Waals surface area contributed by atoms with Crippen LogP contribution < -0.4 is 27.4 Å². The van der Waals surface area contributed by atoms with Gasteiger partial charge in [-0.05, 0) is 30.9 Å². The number of carbonyl (C=O) groups excluding carboxylic acids is 3. The SMILES string of the molecule is CCC(C)C(NC(=O)C(Cc1ccccc1)NC(=O)C(CS)NC(=O)C(N)CCCCN)C(=O)O. The lowest BCUT2D eigenvalue weighted by Gasteiger charge is -2.26. The van der Waals surface area contributed by atoms with Gasteiger partial charge < -0.3 is 32.5 Å². The first kappa shape index (κ1) is 30.4. The van der Waals surface area contributed by atoms with Gasteiger partial charge in [-0.2, -0.15) is 12.6 Å². The van der Waals surface area contributed by atoms with Crippen molar-refractivity contribution in [3.63, 3.8) is 0 Å². The summed E-state index contributed by atoms with van der Waals surface area (Å²) < 4.78 is 0. The van der Waals surface area contributed by atoms with E-state index in [-0.39, 0.29) is 18.1 Å². The fourth-order valence-corrected chi connectivity index (χ4v) is 3.64. The zero-order valence-electron chi connectivity index (χ0n) is 20.4. The van der Waals surface area contributed by atoms with E-state index in [0.717, 1.165) is 12.0 Å². The zero-order chi connectivity index (χ0) is 26.4. The van der Waals surface area contributed by atoms with Crippen molar-refractivity contribution in [1.29, 1.82) is 0 Å². The fraction of sp³-hybridized carbons (Fsp3) is 0.583. The third-order valence-electron chi connectivity index (χ3n) is 5.81. The topological polar surface area (TPSA) is 177 Å². The fourth-order valence-electron chi connectivity index (χ4n) is 3.38. The number of hydrogen-bond donors (Lipinski definition) is 7. The second kappa shape index (κ2) is 16.1. The molecule has 11 heteroatoms. The van der Waals surface area contributed by atoms with Crippen LogP contribution in [0.4, 0.5) is 0 Å². The average molecular weight is 510 g/mol. The first-order chi connectivity index (χ1) is 16.6. The maximum Gasteiger partial charge on any atom is 0.326 e. The molecule has 196 valence electrons. The van der Waals surface area contributed by atoms with Crippen LogP contribution in [0.1, 0.15) is 45.1 Å². The van der Waals surface area contributed by atoms with Gasteiger partial charge in [0.15, 0.2) is 0 Å². The summed E-state index contributed by atoms with van der Waals surface area (Å²) in [7, 11) is 0. The molecule has 0 radical (unpaired) electrons. The summed E-state index contributed by atoms with van der Waals surface area (Å²) in [5, 5.41) is 17.3. The highest BCUT2D eigenvalue weighted by Gasteiger charge is 2.31. The molecule has 5 unspecified atom stereocenters. The number of carboxylic acids is 1. The molecule has 0 aliphatic rings. The van der Waals surface area contributed by atoms with Crippen LogP contribution in [-0.2, 0) is 25.6 Å². The predicted molar refractivity (Wildman–Crippen MR) is 138 cm³/mol. The Hall–Kier alpha value is -2.63. The van der Waals surface area contributed by atoms with Crippen molar-refractivity contribution in [1.82, 2.24) is 16.0 Å². The molecule has 1 aromatic carbocycles. The van der Waals surface area contributed by atoms with E-state index in [9.17, 15) is 24.3 Å². The molecule has 8 N–H and O–H groups in total. The molecule has 0 fully saturated rings. The van der Waals surface area contributed by atoms with E-state index in [4.69, 9.17) is 11.5 Å². The van der Waals surface area contributed by atoms with Crippen LogP contribution in [0.25, 0.3) is 0 Å². The lowest BCUT2D eigenvalue weighted by atomic mass is 9.98. The highest BCUT2D eigenvalue weighted by atomic mass is 32.1. The predicted octanol–water partition coefficient (Wildman–Crippen LogP) is 0.200. The number of thiol groups is 1. The van der Waals surface area contributed by atoms with Gasteiger partial charge in [-0.3, -0.25) is 14.4 Å². The maximum absolute atomic E-state index is 13.1. The van der Waals surface area contributed by atoms with Crippen LogP contribution in [0.3, 0.4) is 0 Å². The molecular formula is C24H39N5O5S. The smallest absolute Gasteiger partial charge is 0.326 e. The van der Waals surface area contributed by atoms with Crippen molar-refractivity contribution >= 4 is 36.3 Å². The minimum atomic E-state index is -1.15. The number of unbranched alkanes of at least 4 members (excludes halogenated alkanes) is 1. The summed E-state index contributed by atoms with van der Waals surface area (Å²) in [5.41, 5.74) is 12.1. The van der Waals surface area contributed by atoms with Gasteiger partial charge in [0.1, 0.15) is 18.1 Å². The van der Waals surface area contributed by atoms with Crippen LogP contribution in [0.15, 0.2) is 30.3 Å². The minimum Gasteiger partial charge on any atom is -0.480 e. The van der Waals surface area contributed by atoms with Crippen LogP contribution >= 0.6 is 12.6 Å². The van der Waals surface area contributed by atoms with Gasteiger partial charge in [-0.15, -0.1) is 0 Å². The van der Waals surface area contributed by atoms with E-state index in [1.54, 1.807) is 31.2 Å². The highest BCUT2D eigenvalue weighted by Crippen LogP contribution is 2.10. The molecule has 5 atom stereocenters. The van der Waals surface area contributed by atoms with E-state index < -0.39 is 47.9 Å². The second-order valence-corrected chi connectivity index (χ2v) is 8.96. The van der Waals surface area contributed by atoms with Crippen molar-refractivity contribution in [2.45, 2.75) is 70.1 Å². The first-order valence-corrected chi connectivity index (χ1v) is 12.5. The summed E-state index contributed by atoms with van der Waals surface area (Å²) in [6.07, 6.45) is 2.53. The molecule has 0 spiro atoms. The Kier molecular flexibility index (Phi) is 14.0. The van der Waals surface area contributed by atoms with Crippen molar-refractivity contribution in [3.8, 4) is 0 Å². The van der Waals surface area contributed by atoms with E-state index in [1.165, 1.54) is 0 Å². The molecule has 10 nitrogen and oxygen atoms in total. The van der Waals surface area contributed by atoms with Crippen LogP contribution in [0, 0.1) is 5.92 Å². The lowest BCUT2D eigenvalue weighted by molar-refractivity contribution is -0.143. The summed E-state index contributed by atoms with van der Waals surface area (Å²) in [6.45, 7) is 4.06. The van der Waals surface area contributed by atoms with Crippen LogP contribution in [0.5, 0.6) is 0 Å². The molecule has 0 aromatic heterocycles. The van der Waals surface area contributed by atoms with Gasteiger partial charge in [0, 0.05) is 12.2 Å². The van der Waals surface area contributed by atoms with Crippen LogP contribution in [-0.4, -0.2) is 65.3 Å². The van der Waals surface area contributed by atoms with Gasteiger partial charge >= 0.3 is 5.97 Å². The Morgan fingerprint density at radius 2 is 1.57 bits per heavy atom. The van der Waals surface area contributed by atoms with Gasteiger partial charge in [0.2, 0.25) is 17.7 Å². The van der Waals surface area contributed by atoms with Gasteiger partial charge in [0.05, 0.1) is 6.04 Å². The largest absolute Gasteiger partial charge is 0.480 e. The number of amides is 3. The lowest BCUT2D eigenvalue weighted by Crippen LogP contribution is -2.58. The van der Waals surface area contributed by atoms with Gasteiger partial charge in [0.25, 0.3) is 0 Å². The van der Waals surface area contributed by atoms with Crippen molar-refractivity contribution < 1.29 is 24.3 Å². The molecular weight excluding hydrogens is 470 g/mol. The standard InChI is InChI=1S/C24H39N5O5S/c1-3-15(2)20(24(33)34)29-22(31)18(13-16-9-5-4-6-10-16)27-23(32)19(14-35)28-21(30)17(26)11-7-8-12-25/h4-6,9-10,15,17-20,35H,3,7-8,11-14,25-26H2,1-2H3,(H,27,32)(H,28,30)(H,29,31)(H,33,34). The Balaban J connectivity index is 2.97. The molecule has 0 bridgehead atoms. The monoisotopic (exact) mass is 509 g/mol. The summed E-state index contributed by atoms with van der Waals surface area (Å²) in [6, 6.07) is 5.03. The zero-order valence-corrected chi connectivity index (χ0v) is 21.3. The van der Waals surface area contributed by atoms with E-state index in [0.29, 0.717) is 25.8 Å². The van der Waals surface area contributed by atoms with Gasteiger partial charge in [-0.25, -0.2) is 4.79 Å². The summed E-state index contributed by atoms with van der Waals surface area (Å²) in [5.74, 6) is -3.22. The number of carboxylic acid groups (broad SMARTS) is 1. The Morgan fingerprint density at radius 1 is 0.971 bits per heavy atom. The molecule has 1 rings (SSSR count). The van der Waals surface area contributed by atoms with Crippen molar-refractivity contribution in [2.75, 3.05) is 12.3 Å². The quantitative estimate of drug-likeness (QED) is 0.123. The number of aliphatic carboxylic acids is 1. The molecule has 0 saturated heterocycles. The molecule has 3 amide bonds. The summed E-state index contributed by atoms with van der Waals surface area (Å²) >= 11 is 4.17. The van der Waals surface area contributed by atoms with Crippen LogP contribution in [0.2, 0.25) is 0 Å². The number of hydrogen-bond acceptors (Lipinski definition) is 7. The third kappa shape index (κ3) is 10.7. The number of carbonyl (C=O) groups is 4. The number of nitrogens with one attached hydrogen (secondary N) is 3. The Bertz CT molecular complexity index is 826. The minimum absolute atomic E-state index is 0.0165. The molecule has 0 heterocycles. The summed E-state index contributed by atoms with van der Waals surface area (Å²) in [4.78, 5) is 50.2. The second-order valence-electron chi connectivity index (χ2n) is 8.60. The first-order valence-electron chi connectivity index (χ1n) is 11.9. The van der Waals surface area contributed by atoms with E-state index >= 15 is 0 Å².